The number of rotatable bonds is 2. The first-order chi connectivity index (χ1) is 12.1. The predicted octanol–water partition coefficient (Wildman–Crippen LogP) is 3.73. The maximum Gasteiger partial charge on any atom is 0.432 e. The molecular weight excluding hydrogens is 376 g/mol. The summed E-state index contributed by atoms with van der Waals surface area (Å²) in [5.41, 5.74) is -2.00. The molecule has 1 amide bonds. The Morgan fingerprint density at radius 1 is 1.08 bits per heavy atom. The Bertz CT molecular complexity index is 866. The second kappa shape index (κ2) is 6.30. The van der Waals surface area contributed by atoms with E-state index in [9.17, 15) is 27.5 Å². The third kappa shape index (κ3) is 3.25. The largest absolute Gasteiger partial charge is 0.432 e. The van der Waals surface area contributed by atoms with E-state index in [1.165, 1.54) is 24.3 Å². The van der Waals surface area contributed by atoms with Crippen molar-refractivity contribution in [3.63, 3.8) is 0 Å². The molecule has 0 bridgehead atoms. The molecule has 0 fully saturated rings. The third-order valence-corrected chi connectivity index (χ3v) is 4.04. The van der Waals surface area contributed by atoms with E-state index in [0.717, 1.165) is 24.3 Å². The lowest BCUT2D eigenvalue weighted by atomic mass is 10.0. The molecule has 1 aliphatic heterocycles. The number of nitrogens with one attached hydrogen (secondary N) is 1. The number of allylic oxidation sites excluding steroid dienone is 1. The van der Waals surface area contributed by atoms with Crippen LogP contribution < -0.4 is 5.43 Å². The van der Waals surface area contributed by atoms with Crippen LogP contribution in [0.1, 0.15) is 15.9 Å². The van der Waals surface area contributed by atoms with E-state index in [0.29, 0.717) is 16.1 Å². The lowest BCUT2D eigenvalue weighted by Crippen LogP contribution is -2.51. The number of halogens is 5. The number of amides is 1. The van der Waals surface area contributed by atoms with Gasteiger partial charge >= 0.3 is 6.18 Å². The van der Waals surface area contributed by atoms with Crippen LogP contribution >= 0.6 is 11.6 Å². The number of hydrazine groups is 1. The van der Waals surface area contributed by atoms with Gasteiger partial charge in [-0.05, 0) is 36.4 Å². The fourth-order valence-corrected chi connectivity index (χ4v) is 2.61. The Hall–Kier alpha value is -2.58. The zero-order valence-corrected chi connectivity index (χ0v) is 13.6. The minimum Gasteiger partial charge on any atom is -0.362 e. The van der Waals surface area contributed by atoms with Gasteiger partial charge in [0.15, 0.2) is 0 Å². The van der Waals surface area contributed by atoms with Crippen LogP contribution in [0, 0.1) is 5.82 Å². The summed E-state index contributed by atoms with van der Waals surface area (Å²) in [5.74, 6) is -1.57. The molecule has 2 aromatic rings. The molecular formula is C17H11ClF4N2O2. The van der Waals surface area contributed by atoms with Crippen LogP contribution in [-0.2, 0) is 5.72 Å². The SMILES string of the molecule is O=C(c1ccc(Cl)cc1)N1NC(C(F)(F)F)=CC1(O)c1ccc(F)cc1. The van der Waals surface area contributed by atoms with Crippen LogP contribution in [0.3, 0.4) is 0 Å². The summed E-state index contributed by atoms with van der Waals surface area (Å²) in [6.45, 7) is 0. The molecule has 2 N–H and O–H groups in total. The molecule has 0 spiro atoms. The Morgan fingerprint density at radius 3 is 2.19 bits per heavy atom. The number of carbonyl (C=O) groups excluding carboxylic acids is 1. The van der Waals surface area contributed by atoms with E-state index in [4.69, 9.17) is 11.6 Å². The minimum atomic E-state index is -4.83. The highest BCUT2D eigenvalue weighted by Crippen LogP contribution is 2.38. The van der Waals surface area contributed by atoms with Gasteiger partial charge in [0.2, 0.25) is 5.72 Å². The van der Waals surface area contributed by atoms with Gasteiger partial charge in [-0.2, -0.15) is 13.2 Å². The third-order valence-electron chi connectivity index (χ3n) is 3.79. The van der Waals surface area contributed by atoms with E-state index in [-0.39, 0.29) is 11.1 Å². The zero-order chi connectivity index (χ0) is 19.1. The van der Waals surface area contributed by atoms with Crippen LogP contribution in [0.2, 0.25) is 5.02 Å². The summed E-state index contributed by atoms with van der Waals surface area (Å²) in [6, 6.07) is 9.52. The molecule has 0 saturated carbocycles. The molecule has 9 heteroatoms. The average Bonchev–Trinajstić information content (AvgIpc) is 2.94. The highest BCUT2D eigenvalue weighted by molar-refractivity contribution is 6.30. The maximum atomic E-state index is 13.1. The van der Waals surface area contributed by atoms with Crippen molar-refractivity contribution < 1.29 is 27.5 Å². The Labute approximate surface area is 150 Å². The van der Waals surface area contributed by atoms with Gasteiger partial charge in [-0.1, -0.05) is 23.7 Å². The van der Waals surface area contributed by atoms with E-state index in [2.05, 4.69) is 0 Å². The molecule has 136 valence electrons. The smallest absolute Gasteiger partial charge is 0.362 e. The van der Waals surface area contributed by atoms with Crippen molar-refractivity contribution >= 4 is 17.5 Å². The Kier molecular flexibility index (Phi) is 4.41. The second-order valence-corrected chi connectivity index (χ2v) is 5.98. The number of carbonyl (C=O) groups is 1. The summed E-state index contributed by atoms with van der Waals surface area (Å²) in [4.78, 5) is 12.7. The fraction of sp³-hybridized carbons (Fsp3) is 0.118. The van der Waals surface area contributed by atoms with Crippen molar-refractivity contribution in [2.75, 3.05) is 0 Å². The van der Waals surface area contributed by atoms with Crippen LogP contribution in [0.5, 0.6) is 0 Å². The first-order valence-corrected chi connectivity index (χ1v) is 7.64. The lowest BCUT2D eigenvalue weighted by Gasteiger charge is -2.33. The minimum absolute atomic E-state index is 0.000684. The number of benzene rings is 2. The first kappa shape index (κ1) is 18.2. The van der Waals surface area contributed by atoms with Crippen LogP contribution in [-0.4, -0.2) is 22.2 Å². The summed E-state index contributed by atoms with van der Waals surface area (Å²) >= 11 is 5.74. The Balaban J connectivity index is 2.06. The van der Waals surface area contributed by atoms with Crippen molar-refractivity contribution in [2.24, 2.45) is 0 Å². The summed E-state index contributed by atoms with van der Waals surface area (Å²) in [7, 11) is 0. The average molecular weight is 387 g/mol. The Morgan fingerprint density at radius 2 is 1.65 bits per heavy atom. The van der Waals surface area contributed by atoms with Gasteiger partial charge in [0.1, 0.15) is 11.5 Å². The maximum absolute atomic E-state index is 13.1. The molecule has 0 aliphatic carbocycles. The molecule has 2 aromatic carbocycles. The number of hydrogen-bond acceptors (Lipinski definition) is 3. The molecule has 1 heterocycles. The van der Waals surface area contributed by atoms with Crippen LogP contribution in [0.25, 0.3) is 0 Å². The van der Waals surface area contributed by atoms with Crippen LogP contribution in [0.4, 0.5) is 17.6 Å². The number of aliphatic hydroxyl groups is 1. The van der Waals surface area contributed by atoms with Gasteiger partial charge in [0, 0.05) is 22.2 Å². The number of hydrogen-bond donors (Lipinski definition) is 2. The normalized spacial score (nSPS) is 19.9. The van der Waals surface area contributed by atoms with E-state index < -0.39 is 29.3 Å². The molecule has 3 rings (SSSR count). The van der Waals surface area contributed by atoms with E-state index in [1.807, 2.05) is 5.43 Å². The van der Waals surface area contributed by atoms with Crippen molar-refractivity contribution in [3.05, 3.63) is 82.3 Å². The van der Waals surface area contributed by atoms with Gasteiger partial charge in [0.05, 0.1) is 0 Å². The van der Waals surface area contributed by atoms with Gasteiger partial charge in [-0.15, -0.1) is 0 Å². The van der Waals surface area contributed by atoms with Crippen molar-refractivity contribution in [1.82, 2.24) is 10.4 Å². The topological polar surface area (TPSA) is 52.6 Å². The number of alkyl halides is 3. The standard InChI is InChI=1S/C17H11ClF4N2O2/c18-12-5-1-10(2-6-12)15(25)24-16(26,9-14(23-24)17(20,21)22)11-3-7-13(19)8-4-11/h1-9,23,26H. The van der Waals surface area contributed by atoms with Gasteiger partial charge in [-0.25, -0.2) is 9.40 Å². The summed E-state index contributed by atoms with van der Waals surface area (Å²) in [6.07, 6.45) is -4.36. The quantitative estimate of drug-likeness (QED) is 0.773. The molecule has 26 heavy (non-hydrogen) atoms. The fourth-order valence-electron chi connectivity index (χ4n) is 2.48. The summed E-state index contributed by atoms with van der Waals surface area (Å²) < 4.78 is 52.5. The molecule has 1 unspecified atom stereocenters. The van der Waals surface area contributed by atoms with Gasteiger partial charge in [0.25, 0.3) is 5.91 Å². The highest BCUT2D eigenvalue weighted by atomic mass is 35.5. The monoisotopic (exact) mass is 386 g/mol. The van der Waals surface area contributed by atoms with Gasteiger partial charge < -0.3 is 5.11 Å². The van der Waals surface area contributed by atoms with Crippen LogP contribution in [0.15, 0.2) is 60.3 Å². The predicted molar refractivity (Wildman–Crippen MR) is 85.2 cm³/mol. The summed E-state index contributed by atoms with van der Waals surface area (Å²) in [5, 5.41) is 11.6. The number of nitrogens with zero attached hydrogens (tertiary/aromatic N) is 1. The lowest BCUT2D eigenvalue weighted by molar-refractivity contribution is -0.104. The van der Waals surface area contributed by atoms with Crippen molar-refractivity contribution in [2.45, 2.75) is 11.9 Å². The molecule has 1 aliphatic rings. The van der Waals surface area contributed by atoms with Crippen molar-refractivity contribution in [1.29, 1.82) is 0 Å². The van der Waals surface area contributed by atoms with E-state index in [1.54, 1.807) is 0 Å². The van der Waals surface area contributed by atoms with Crippen molar-refractivity contribution in [3.8, 4) is 0 Å². The zero-order valence-electron chi connectivity index (χ0n) is 12.9. The molecule has 1 atom stereocenters. The van der Waals surface area contributed by atoms with E-state index >= 15 is 0 Å². The highest BCUT2D eigenvalue weighted by Gasteiger charge is 2.50. The molecule has 4 nitrogen and oxygen atoms in total. The molecule has 0 radical (unpaired) electrons. The second-order valence-electron chi connectivity index (χ2n) is 5.55. The first-order valence-electron chi connectivity index (χ1n) is 7.26. The molecule has 0 aromatic heterocycles. The van der Waals surface area contributed by atoms with Gasteiger partial charge in [-0.3, -0.25) is 10.2 Å². The molecule has 0 saturated heterocycles.